The summed E-state index contributed by atoms with van der Waals surface area (Å²) < 4.78 is 12.2. The fourth-order valence-electron chi connectivity index (χ4n) is 5.34. The molecular weight excluding hydrogens is 466 g/mol. The summed E-state index contributed by atoms with van der Waals surface area (Å²) in [6, 6.07) is 13.2. The Morgan fingerprint density at radius 1 is 1.03 bits per heavy atom. The standard InChI is InChI=1S/C25H31B4N3O5/c26-24(27)25(28,29)37-11-10-31(24)12-15-4-6-16(7-5-15)14-36-20-3-1-2-17-18(20)13-32(23(17)35)19-8-9-21(33)30-22(19)34/h1-7,19H,8-14,26-29H2,(H,30,33,34). The fourth-order valence-corrected chi connectivity index (χ4v) is 5.34. The van der Waals surface area contributed by atoms with Gasteiger partial charge in [-0.05, 0) is 35.0 Å². The Hall–Kier alpha value is -2.97. The molecule has 1 atom stereocenters. The fraction of sp³-hybridized carbons (Fsp3) is 0.400. The van der Waals surface area contributed by atoms with E-state index < -0.39 is 11.9 Å². The van der Waals surface area contributed by atoms with Crippen LogP contribution in [-0.4, -0.2) is 88.8 Å². The van der Waals surface area contributed by atoms with Gasteiger partial charge in [0.25, 0.3) is 5.91 Å². The first-order valence-electron chi connectivity index (χ1n) is 12.9. The predicted molar refractivity (Wildman–Crippen MR) is 149 cm³/mol. The molecule has 1 unspecified atom stereocenters. The van der Waals surface area contributed by atoms with Gasteiger partial charge in [0.05, 0.1) is 13.2 Å². The molecule has 3 amide bonds. The molecular formula is C25H31B4N3O5. The van der Waals surface area contributed by atoms with Gasteiger partial charge in [0.15, 0.2) is 0 Å². The summed E-state index contributed by atoms with van der Waals surface area (Å²) in [5.41, 5.74) is 3.61. The third kappa shape index (κ3) is 4.84. The van der Waals surface area contributed by atoms with E-state index >= 15 is 0 Å². The van der Waals surface area contributed by atoms with Crippen molar-refractivity contribution in [2.75, 3.05) is 13.2 Å². The summed E-state index contributed by atoms with van der Waals surface area (Å²) in [4.78, 5) is 40.9. The lowest BCUT2D eigenvalue weighted by Gasteiger charge is -2.54. The normalized spacial score (nSPS) is 23.0. The van der Waals surface area contributed by atoms with Gasteiger partial charge < -0.3 is 19.3 Å². The number of rotatable bonds is 6. The van der Waals surface area contributed by atoms with Crippen LogP contribution in [0.1, 0.15) is 39.9 Å². The zero-order valence-electron chi connectivity index (χ0n) is 22.0. The summed E-state index contributed by atoms with van der Waals surface area (Å²) in [7, 11) is 8.77. The number of carbonyl (C=O) groups is 3. The zero-order chi connectivity index (χ0) is 26.4. The van der Waals surface area contributed by atoms with Crippen LogP contribution in [0.5, 0.6) is 5.75 Å². The summed E-state index contributed by atoms with van der Waals surface area (Å²) in [6.45, 7) is 3.15. The molecule has 5 rings (SSSR count). The largest absolute Gasteiger partial charge is 0.489 e. The molecule has 0 bridgehead atoms. The van der Waals surface area contributed by atoms with E-state index in [1.54, 1.807) is 17.0 Å². The molecule has 188 valence electrons. The maximum absolute atomic E-state index is 13.0. The van der Waals surface area contributed by atoms with Gasteiger partial charge in [0.2, 0.25) is 11.8 Å². The van der Waals surface area contributed by atoms with Gasteiger partial charge in [-0.25, -0.2) is 0 Å². The van der Waals surface area contributed by atoms with Crippen LogP contribution in [0.15, 0.2) is 42.5 Å². The molecule has 37 heavy (non-hydrogen) atoms. The smallest absolute Gasteiger partial charge is 0.255 e. The van der Waals surface area contributed by atoms with E-state index in [-0.39, 0.29) is 29.0 Å². The number of piperidine rings is 1. The number of hydrogen-bond acceptors (Lipinski definition) is 6. The van der Waals surface area contributed by atoms with Crippen LogP contribution in [0.2, 0.25) is 0 Å². The van der Waals surface area contributed by atoms with E-state index in [1.165, 1.54) is 5.56 Å². The Labute approximate surface area is 221 Å². The molecule has 0 aromatic heterocycles. The number of morpholine rings is 1. The molecule has 3 aliphatic rings. The molecule has 0 aliphatic carbocycles. The second-order valence-corrected chi connectivity index (χ2v) is 11.1. The molecule has 12 heteroatoms. The van der Waals surface area contributed by atoms with Crippen LogP contribution in [0, 0.1) is 0 Å². The monoisotopic (exact) mass is 497 g/mol. The number of imide groups is 1. The van der Waals surface area contributed by atoms with Crippen molar-refractivity contribution >= 4 is 49.1 Å². The van der Waals surface area contributed by atoms with Gasteiger partial charge in [0.1, 0.15) is 49.8 Å². The lowest BCUT2D eigenvalue weighted by molar-refractivity contribution is -0.136. The van der Waals surface area contributed by atoms with Crippen molar-refractivity contribution in [1.29, 1.82) is 0 Å². The molecule has 0 radical (unpaired) electrons. The summed E-state index contributed by atoms with van der Waals surface area (Å²) in [5, 5.41) is 2.04. The minimum Gasteiger partial charge on any atom is -0.489 e. The Morgan fingerprint density at radius 2 is 1.76 bits per heavy atom. The van der Waals surface area contributed by atoms with Gasteiger partial charge in [-0.1, -0.05) is 30.3 Å². The summed E-state index contributed by atoms with van der Waals surface area (Å²) >= 11 is 0. The molecule has 2 saturated heterocycles. The number of amides is 3. The van der Waals surface area contributed by atoms with E-state index in [0.29, 0.717) is 30.9 Å². The number of ether oxygens (including phenoxy) is 2. The number of benzene rings is 2. The molecule has 2 fully saturated rings. The van der Waals surface area contributed by atoms with Crippen molar-refractivity contribution in [3.8, 4) is 5.75 Å². The highest BCUT2D eigenvalue weighted by atomic mass is 16.5. The van der Waals surface area contributed by atoms with E-state index in [0.717, 1.165) is 30.8 Å². The minimum absolute atomic E-state index is 0.0835. The Balaban J connectivity index is 1.23. The highest BCUT2D eigenvalue weighted by Crippen LogP contribution is 2.34. The molecule has 2 aromatic carbocycles. The molecule has 1 N–H and O–H groups in total. The average molecular weight is 497 g/mol. The van der Waals surface area contributed by atoms with Gasteiger partial charge >= 0.3 is 0 Å². The topological polar surface area (TPSA) is 88.2 Å². The van der Waals surface area contributed by atoms with E-state index in [4.69, 9.17) is 9.47 Å². The lowest BCUT2D eigenvalue weighted by atomic mass is 9.39. The zero-order valence-corrected chi connectivity index (χ0v) is 22.0. The average Bonchev–Trinajstić information content (AvgIpc) is 3.18. The van der Waals surface area contributed by atoms with Crippen LogP contribution < -0.4 is 10.1 Å². The van der Waals surface area contributed by atoms with Gasteiger partial charge in [-0.15, -0.1) is 0 Å². The minimum atomic E-state index is -0.639. The third-order valence-electron chi connectivity index (χ3n) is 8.42. The van der Waals surface area contributed by atoms with Crippen LogP contribution >= 0.6 is 0 Å². The Morgan fingerprint density at radius 3 is 2.49 bits per heavy atom. The predicted octanol–water partition coefficient (Wildman–Crippen LogP) is -2.30. The molecule has 8 nitrogen and oxygen atoms in total. The molecule has 2 aromatic rings. The Bertz CT molecular complexity index is 1240. The Kier molecular flexibility index (Phi) is 6.75. The number of nitrogens with zero attached hydrogens (tertiary/aromatic N) is 2. The number of hydrogen-bond donors (Lipinski definition) is 1. The van der Waals surface area contributed by atoms with E-state index in [2.05, 4.69) is 65.9 Å². The van der Waals surface area contributed by atoms with Crippen LogP contribution in [-0.2, 0) is 34.0 Å². The van der Waals surface area contributed by atoms with Gasteiger partial charge in [-0.2, -0.15) is 0 Å². The first kappa shape index (κ1) is 25.7. The summed E-state index contributed by atoms with van der Waals surface area (Å²) in [6.07, 6.45) is 0.572. The maximum atomic E-state index is 13.0. The first-order chi connectivity index (χ1) is 17.6. The number of fused-ring (bicyclic) bond motifs is 1. The molecule has 0 spiro atoms. The first-order valence-corrected chi connectivity index (χ1v) is 12.9. The van der Waals surface area contributed by atoms with Crippen molar-refractivity contribution < 1.29 is 23.9 Å². The molecule has 3 aliphatic heterocycles. The second kappa shape index (κ2) is 9.72. The SMILES string of the molecule is BC1(B)OCCN(Cc2ccc(COc3cccc4c3CN(C3CCC(=O)NC3=O)C4=O)cc2)C1(B)B. The van der Waals surface area contributed by atoms with Crippen molar-refractivity contribution in [3.63, 3.8) is 0 Å². The number of nitrogens with one attached hydrogen (secondary N) is 1. The second-order valence-electron chi connectivity index (χ2n) is 11.1. The van der Waals surface area contributed by atoms with Crippen LogP contribution in [0.3, 0.4) is 0 Å². The highest BCUT2D eigenvalue weighted by Gasteiger charge is 2.44. The lowest BCUT2D eigenvalue weighted by Crippen LogP contribution is -2.71. The van der Waals surface area contributed by atoms with Crippen molar-refractivity contribution in [1.82, 2.24) is 15.1 Å². The van der Waals surface area contributed by atoms with E-state index in [1.807, 2.05) is 6.07 Å². The van der Waals surface area contributed by atoms with Crippen molar-refractivity contribution in [3.05, 3.63) is 64.7 Å². The maximum Gasteiger partial charge on any atom is 0.255 e. The molecule has 3 heterocycles. The van der Waals surface area contributed by atoms with Gasteiger partial charge in [-0.3, -0.25) is 19.7 Å². The van der Waals surface area contributed by atoms with Crippen LogP contribution in [0.4, 0.5) is 0 Å². The van der Waals surface area contributed by atoms with E-state index in [9.17, 15) is 14.4 Å². The number of carbonyl (C=O) groups excluding carboxylic acids is 3. The van der Waals surface area contributed by atoms with Crippen molar-refractivity contribution in [2.24, 2.45) is 0 Å². The van der Waals surface area contributed by atoms with Crippen LogP contribution in [0.25, 0.3) is 0 Å². The molecule has 0 saturated carbocycles. The highest BCUT2D eigenvalue weighted by molar-refractivity contribution is 6.53. The van der Waals surface area contributed by atoms with Crippen molar-refractivity contribution in [2.45, 2.75) is 49.3 Å². The third-order valence-corrected chi connectivity index (χ3v) is 8.42. The van der Waals surface area contributed by atoms with Gasteiger partial charge in [0, 0.05) is 36.0 Å². The summed E-state index contributed by atoms with van der Waals surface area (Å²) in [5.74, 6) is -0.266. The quantitative estimate of drug-likeness (QED) is 0.358.